The summed E-state index contributed by atoms with van der Waals surface area (Å²) in [5.74, 6) is -1.98. The minimum atomic E-state index is -0.780. The van der Waals surface area contributed by atoms with Gasteiger partial charge in [0.15, 0.2) is 0 Å². The Kier molecular flexibility index (Phi) is 3.18. The highest BCUT2D eigenvalue weighted by atomic mass is 19.1. The van der Waals surface area contributed by atoms with Gasteiger partial charge >= 0.3 is 0 Å². The van der Waals surface area contributed by atoms with Crippen LogP contribution in [-0.2, 0) is 4.79 Å². The lowest BCUT2D eigenvalue weighted by molar-refractivity contribution is -0.126. The van der Waals surface area contributed by atoms with Crippen LogP contribution in [0.15, 0.2) is 18.2 Å². The van der Waals surface area contributed by atoms with Crippen LogP contribution in [-0.4, -0.2) is 34.9 Å². The van der Waals surface area contributed by atoms with Crippen LogP contribution in [0, 0.1) is 11.2 Å². The van der Waals surface area contributed by atoms with Crippen LogP contribution in [0.3, 0.4) is 0 Å². The topological polar surface area (TPSA) is 83.6 Å². The summed E-state index contributed by atoms with van der Waals surface area (Å²) in [4.78, 5) is 24.9. The maximum absolute atomic E-state index is 13.6. The second kappa shape index (κ2) is 4.53. The Balaban J connectivity index is 2.20. The van der Waals surface area contributed by atoms with Crippen molar-refractivity contribution in [3.8, 4) is 5.75 Å². The first-order chi connectivity index (χ1) is 8.83. The molecule has 5 nitrogen and oxygen atoms in total. The van der Waals surface area contributed by atoms with Crippen molar-refractivity contribution in [1.82, 2.24) is 4.90 Å². The Bertz CT molecular complexity index is 547. The van der Waals surface area contributed by atoms with E-state index in [0.29, 0.717) is 13.0 Å². The average molecular weight is 266 g/mol. The molecule has 0 radical (unpaired) electrons. The third kappa shape index (κ3) is 2.38. The summed E-state index contributed by atoms with van der Waals surface area (Å²) >= 11 is 0. The number of nitrogens with two attached hydrogens (primary N) is 1. The van der Waals surface area contributed by atoms with Crippen LogP contribution in [0.25, 0.3) is 0 Å². The van der Waals surface area contributed by atoms with Crippen LogP contribution >= 0.6 is 0 Å². The number of carbonyl (C=O) groups excluding carboxylic acids is 2. The SMILES string of the molecule is CC1(C(N)=O)CCN(C(=O)c2ccc(O)cc2F)C1. The minimum absolute atomic E-state index is 0.119. The molecule has 0 aromatic heterocycles. The number of aromatic hydroxyl groups is 1. The molecule has 1 unspecified atom stereocenters. The Labute approximate surface area is 109 Å². The van der Waals surface area contributed by atoms with Gasteiger partial charge in [-0.1, -0.05) is 0 Å². The van der Waals surface area contributed by atoms with Gasteiger partial charge in [0, 0.05) is 19.2 Å². The summed E-state index contributed by atoms with van der Waals surface area (Å²) in [5, 5.41) is 9.11. The summed E-state index contributed by atoms with van der Waals surface area (Å²) in [7, 11) is 0. The highest BCUT2D eigenvalue weighted by Crippen LogP contribution is 2.30. The Morgan fingerprint density at radius 1 is 1.47 bits per heavy atom. The van der Waals surface area contributed by atoms with Gasteiger partial charge in [0.25, 0.3) is 5.91 Å². The zero-order valence-corrected chi connectivity index (χ0v) is 10.5. The lowest BCUT2D eigenvalue weighted by atomic mass is 9.89. The second-order valence-electron chi connectivity index (χ2n) is 5.07. The van der Waals surface area contributed by atoms with Crippen molar-refractivity contribution in [3.63, 3.8) is 0 Å². The normalized spacial score (nSPS) is 22.5. The van der Waals surface area contributed by atoms with E-state index in [1.54, 1.807) is 6.92 Å². The molecule has 1 fully saturated rings. The van der Waals surface area contributed by atoms with E-state index < -0.39 is 23.0 Å². The van der Waals surface area contributed by atoms with E-state index in [0.717, 1.165) is 6.07 Å². The van der Waals surface area contributed by atoms with E-state index in [1.807, 2.05) is 0 Å². The van der Waals surface area contributed by atoms with Crippen LogP contribution in [0.5, 0.6) is 5.75 Å². The van der Waals surface area contributed by atoms with Gasteiger partial charge in [-0.05, 0) is 25.5 Å². The smallest absolute Gasteiger partial charge is 0.256 e. The van der Waals surface area contributed by atoms with Gasteiger partial charge in [-0.2, -0.15) is 0 Å². The molecule has 1 heterocycles. The summed E-state index contributed by atoms with van der Waals surface area (Å²) in [6.45, 7) is 2.23. The van der Waals surface area contributed by atoms with E-state index >= 15 is 0 Å². The molecule has 1 aliphatic heterocycles. The predicted molar refractivity (Wildman–Crippen MR) is 65.9 cm³/mol. The van der Waals surface area contributed by atoms with Gasteiger partial charge < -0.3 is 15.7 Å². The molecule has 2 amide bonds. The van der Waals surface area contributed by atoms with E-state index in [2.05, 4.69) is 0 Å². The van der Waals surface area contributed by atoms with Gasteiger partial charge in [0.05, 0.1) is 11.0 Å². The highest BCUT2D eigenvalue weighted by molar-refractivity contribution is 5.95. The van der Waals surface area contributed by atoms with Gasteiger partial charge in [-0.15, -0.1) is 0 Å². The third-order valence-electron chi connectivity index (χ3n) is 3.54. The number of carbonyl (C=O) groups is 2. The maximum atomic E-state index is 13.6. The van der Waals surface area contributed by atoms with E-state index in [4.69, 9.17) is 10.8 Å². The molecule has 19 heavy (non-hydrogen) atoms. The largest absolute Gasteiger partial charge is 0.508 e. The number of nitrogens with zero attached hydrogens (tertiary/aromatic N) is 1. The van der Waals surface area contributed by atoms with E-state index in [-0.39, 0.29) is 17.9 Å². The number of rotatable bonds is 2. The maximum Gasteiger partial charge on any atom is 0.256 e. The number of halogens is 1. The predicted octanol–water partition coefficient (Wildman–Crippen LogP) is 0.869. The summed E-state index contributed by atoms with van der Waals surface area (Å²) in [6.07, 6.45) is 0.466. The zero-order valence-electron chi connectivity index (χ0n) is 10.5. The quantitative estimate of drug-likeness (QED) is 0.833. The fourth-order valence-corrected chi connectivity index (χ4v) is 2.18. The molecule has 2 rings (SSSR count). The first-order valence-corrected chi connectivity index (χ1v) is 5.91. The molecule has 6 heteroatoms. The molecule has 102 valence electrons. The molecular formula is C13H15FN2O3. The van der Waals surface area contributed by atoms with Crippen molar-refractivity contribution in [2.24, 2.45) is 11.1 Å². The molecule has 0 aliphatic carbocycles. The summed E-state index contributed by atoms with van der Waals surface area (Å²) in [6, 6.07) is 3.36. The lowest BCUT2D eigenvalue weighted by Crippen LogP contribution is -2.38. The molecule has 3 N–H and O–H groups in total. The number of primary amides is 1. The first-order valence-electron chi connectivity index (χ1n) is 5.91. The van der Waals surface area contributed by atoms with Gasteiger partial charge in [-0.25, -0.2) is 4.39 Å². The van der Waals surface area contributed by atoms with Gasteiger partial charge in [-0.3, -0.25) is 9.59 Å². The number of phenols is 1. The molecule has 1 atom stereocenters. The van der Waals surface area contributed by atoms with Gasteiger partial charge in [0.2, 0.25) is 5.91 Å². The molecule has 1 aromatic carbocycles. The molecule has 0 bridgehead atoms. The van der Waals surface area contributed by atoms with Crippen molar-refractivity contribution >= 4 is 11.8 Å². The second-order valence-corrected chi connectivity index (χ2v) is 5.07. The minimum Gasteiger partial charge on any atom is -0.508 e. The van der Waals surface area contributed by atoms with Crippen molar-refractivity contribution in [2.45, 2.75) is 13.3 Å². The van der Waals surface area contributed by atoms with E-state index in [1.165, 1.54) is 17.0 Å². The summed E-state index contributed by atoms with van der Waals surface area (Å²) < 4.78 is 13.6. The van der Waals surface area contributed by atoms with Crippen LogP contribution in [0.4, 0.5) is 4.39 Å². The molecule has 1 aromatic rings. The Morgan fingerprint density at radius 2 is 2.16 bits per heavy atom. The average Bonchev–Trinajstić information content (AvgIpc) is 2.73. The number of phenolic OH excluding ortho intramolecular Hbond substituents is 1. The number of hydrogen-bond acceptors (Lipinski definition) is 3. The number of hydrogen-bond donors (Lipinski definition) is 2. The number of likely N-dealkylation sites (tertiary alicyclic amines) is 1. The van der Waals surface area contributed by atoms with Crippen molar-refractivity contribution in [1.29, 1.82) is 0 Å². The third-order valence-corrected chi connectivity index (χ3v) is 3.54. The summed E-state index contributed by atoms with van der Waals surface area (Å²) in [5.41, 5.74) is 4.42. The van der Waals surface area contributed by atoms with Crippen LogP contribution < -0.4 is 5.73 Å². The standard InChI is InChI=1S/C13H15FN2O3/c1-13(12(15)19)4-5-16(7-13)11(18)9-3-2-8(17)6-10(9)14/h2-3,6,17H,4-5,7H2,1H3,(H2,15,19). The van der Waals surface area contributed by atoms with Crippen molar-refractivity contribution < 1.29 is 19.1 Å². The van der Waals surface area contributed by atoms with Gasteiger partial charge in [0.1, 0.15) is 11.6 Å². The fourth-order valence-electron chi connectivity index (χ4n) is 2.18. The molecule has 1 aliphatic rings. The van der Waals surface area contributed by atoms with E-state index in [9.17, 15) is 14.0 Å². The van der Waals surface area contributed by atoms with Crippen LogP contribution in [0.1, 0.15) is 23.7 Å². The number of benzene rings is 1. The monoisotopic (exact) mass is 266 g/mol. The van der Waals surface area contributed by atoms with Crippen molar-refractivity contribution in [3.05, 3.63) is 29.6 Å². The molecular weight excluding hydrogens is 251 g/mol. The molecule has 1 saturated heterocycles. The first kappa shape index (κ1) is 13.3. The van der Waals surface area contributed by atoms with Crippen LogP contribution in [0.2, 0.25) is 0 Å². The Morgan fingerprint density at radius 3 is 2.68 bits per heavy atom. The highest BCUT2D eigenvalue weighted by Gasteiger charge is 2.41. The van der Waals surface area contributed by atoms with Crippen molar-refractivity contribution in [2.75, 3.05) is 13.1 Å². The fraction of sp³-hybridized carbons (Fsp3) is 0.385. The zero-order chi connectivity index (χ0) is 14.2. The molecule has 0 spiro atoms. The lowest BCUT2D eigenvalue weighted by Gasteiger charge is -2.21. The Hall–Kier alpha value is -2.11. The number of amides is 2. The molecule has 0 saturated carbocycles.